The third kappa shape index (κ3) is 10.4. The summed E-state index contributed by atoms with van der Waals surface area (Å²) in [6.45, 7) is 8.46. The van der Waals surface area contributed by atoms with Crippen molar-refractivity contribution >= 4 is 36.1 Å². The standard InChI is InChI=1S/C13H15O2S.3C4H9.Sn/c1-4-5-13(15-10(2)14)11-6-8-12(16-3)9-7-11;3*1-3-4-2;/h1,4,6-9,13H,5H2,2-3H3;3*1,3-4H2,2H3;/t13-;;;;/m0..../s1. The van der Waals surface area contributed by atoms with E-state index in [0.717, 1.165) is 12.0 Å². The summed E-state index contributed by atoms with van der Waals surface area (Å²) in [5.74, 6) is -0.199. The molecule has 1 aromatic rings. The molecular formula is C25H42O2SSn. The van der Waals surface area contributed by atoms with Gasteiger partial charge in [0.15, 0.2) is 0 Å². The normalized spacial score (nSPS) is 13.0. The van der Waals surface area contributed by atoms with Crippen LogP contribution >= 0.6 is 11.8 Å². The van der Waals surface area contributed by atoms with Crippen LogP contribution in [0.25, 0.3) is 0 Å². The van der Waals surface area contributed by atoms with Crippen molar-refractivity contribution in [3.8, 4) is 0 Å². The quantitative estimate of drug-likeness (QED) is 0.131. The Labute approximate surface area is 188 Å². The molecule has 1 aromatic carbocycles. The predicted molar refractivity (Wildman–Crippen MR) is 131 cm³/mol. The molecule has 0 heterocycles. The molecule has 4 heteroatoms. The van der Waals surface area contributed by atoms with Gasteiger partial charge in [-0.25, -0.2) is 0 Å². The number of carbonyl (C=O) groups is 1. The summed E-state index contributed by atoms with van der Waals surface area (Å²) >= 11 is -0.543. The molecule has 0 saturated heterocycles. The second-order valence-electron chi connectivity index (χ2n) is 8.18. The number of unbranched alkanes of at least 4 members (excludes halogenated alkanes) is 3. The minimum atomic E-state index is -2.28. The van der Waals surface area contributed by atoms with Crippen LogP contribution in [0.5, 0.6) is 0 Å². The Bertz CT molecular complexity index is 576. The van der Waals surface area contributed by atoms with Gasteiger partial charge in [0.25, 0.3) is 0 Å². The first kappa shape index (κ1) is 26.6. The molecule has 0 unspecified atom stereocenters. The van der Waals surface area contributed by atoms with Crippen molar-refractivity contribution in [1.82, 2.24) is 0 Å². The van der Waals surface area contributed by atoms with Crippen molar-refractivity contribution in [1.29, 1.82) is 0 Å². The predicted octanol–water partition coefficient (Wildman–Crippen LogP) is 8.35. The van der Waals surface area contributed by atoms with Crippen LogP contribution in [0.2, 0.25) is 13.3 Å². The van der Waals surface area contributed by atoms with Gasteiger partial charge < -0.3 is 0 Å². The molecule has 0 fully saturated rings. The Morgan fingerprint density at radius 3 is 1.93 bits per heavy atom. The fraction of sp³-hybridized carbons (Fsp3) is 0.640. The van der Waals surface area contributed by atoms with Gasteiger partial charge in [0.05, 0.1) is 0 Å². The molecule has 1 rings (SSSR count). The third-order valence-electron chi connectivity index (χ3n) is 5.70. The summed E-state index contributed by atoms with van der Waals surface area (Å²) in [7, 11) is 0. The van der Waals surface area contributed by atoms with E-state index in [9.17, 15) is 4.79 Å². The molecule has 0 spiro atoms. The maximum atomic E-state index is 11.7. The van der Waals surface area contributed by atoms with Crippen LogP contribution in [0, 0.1) is 0 Å². The average molecular weight is 525 g/mol. The summed E-state index contributed by atoms with van der Waals surface area (Å²) in [5, 5.41) is 0. The monoisotopic (exact) mass is 526 g/mol. The second kappa shape index (κ2) is 15.4. The molecule has 0 bridgehead atoms. The van der Waals surface area contributed by atoms with Gasteiger partial charge in [-0.15, -0.1) is 0 Å². The van der Waals surface area contributed by atoms with Gasteiger partial charge in [0, 0.05) is 0 Å². The molecule has 2 nitrogen and oxygen atoms in total. The zero-order valence-corrected chi connectivity index (χ0v) is 23.0. The van der Waals surface area contributed by atoms with E-state index in [2.05, 4.69) is 61.5 Å². The average Bonchev–Trinajstić information content (AvgIpc) is 2.73. The Hall–Kier alpha value is -0.421. The zero-order valence-electron chi connectivity index (χ0n) is 19.3. The summed E-state index contributed by atoms with van der Waals surface area (Å²) in [6, 6.07) is 8.45. The van der Waals surface area contributed by atoms with Crippen molar-refractivity contribution < 1.29 is 9.53 Å². The molecule has 164 valence electrons. The molecule has 0 amide bonds. The van der Waals surface area contributed by atoms with Gasteiger partial charge in [-0.05, 0) is 0 Å². The Morgan fingerprint density at radius 2 is 1.52 bits per heavy atom. The molecule has 1 atom stereocenters. The summed E-state index contributed by atoms with van der Waals surface area (Å²) in [5.41, 5.74) is 1.10. The number of rotatable bonds is 15. The molecule has 0 aliphatic carbocycles. The zero-order chi connectivity index (χ0) is 21.5. The molecule has 0 saturated carbocycles. The second-order valence-corrected chi connectivity index (χ2v) is 22.1. The summed E-state index contributed by atoms with van der Waals surface area (Å²) < 4.78 is 12.8. The molecule has 0 aromatic heterocycles. The SMILES string of the molecule is CCC[CH2][Sn](/[CH]=C/C[C@H](OC(C)=O)c1ccc(SC)cc1)([CH2]CCC)[CH2]CCC. The van der Waals surface area contributed by atoms with Gasteiger partial charge in [-0.3, -0.25) is 0 Å². The van der Waals surface area contributed by atoms with Crippen molar-refractivity contribution in [2.24, 2.45) is 0 Å². The van der Waals surface area contributed by atoms with Crippen molar-refractivity contribution in [2.45, 2.75) is 97.0 Å². The van der Waals surface area contributed by atoms with E-state index in [0.29, 0.717) is 0 Å². The van der Waals surface area contributed by atoms with Gasteiger partial charge in [-0.1, -0.05) is 0 Å². The topological polar surface area (TPSA) is 26.3 Å². The van der Waals surface area contributed by atoms with Crippen LogP contribution in [-0.2, 0) is 9.53 Å². The van der Waals surface area contributed by atoms with E-state index < -0.39 is 18.4 Å². The van der Waals surface area contributed by atoms with Crippen LogP contribution < -0.4 is 0 Å². The number of ether oxygens (including phenoxy) is 1. The van der Waals surface area contributed by atoms with Crippen molar-refractivity contribution in [3.63, 3.8) is 0 Å². The first-order valence-corrected chi connectivity index (χ1v) is 20.4. The van der Waals surface area contributed by atoms with Crippen molar-refractivity contribution in [2.75, 3.05) is 6.26 Å². The first-order valence-electron chi connectivity index (χ1n) is 11.5. The molecule has 0 radical (unpaired) electrons. The van der Waals surface area contributed by atoms with Gasteiger partial charge >= 0.3 is 189 Å². The number of carbonyl (C=O) groups excluding carboxylic acids is 1. The molecule has 0 aliphatic rings. The van der Waals surface area contributed by atoms with Crippen LogP contribution in [0.4, 0.5) is 0 Å². The van der Waals surface area contributed by atoms with Gasteiger partial charge in [-0.2, -0.15) is 0 Å². The fourth-order valence-electron chi connectivity index (χ4n) is 3.92. The molecule has 0 aliphatic heterocycles. The maximum absolute atomic E-state index is 11.7. The van der Waals surface area contributed by atoms with Crippen LogP contribution in [0.1, 0.15) is 84.3 Å². The van der Waals surface area contributed by atoms with Crippen molar-refractivity contribution in [3.05, 3.63) is 40.0 Å². The number of thioether (sulfide) groups is 1. The fourth-order valence-corrected chi connectivity index (χ4v) is 18.8. The van der Waals surface area contributed by atoms with Crippen LogP contribution in [0.3, 0.4) is 0 Å². The van der Waals surface area contributed by atoms with E-state index in [1.54, 1.807) is 11.8 Å². The van der Waals surface area contributed by atoms with E-state index in [4.69, 9.17) is 4.74 Å². The van der Waals surface area contributed by atoms with E-state index in [1.165, 1.54) is 63.7 Å². The summed E-state index contributed by atoms with van der Waals surface area (Å²) in [4.78, 5) is 12.9. The van der Waals surface area contributed by atoms with Gasteiger partial charge in [0.2, 0.25) is 0 Å². The van der Waals surface area contributed by atoms with Crippen LogP contribution in [-0.4, -0.2) is 30.6 Å². The minimum absolute atomic E-state index is 0.174. The summed E-state index contributed by atoms with van der Waals surface area (Å²) in [6.07, 6.45) is 13.1. The Kier molecular flexibility index (Phi) is 14.1. The number of benzene rings is 1. The Morgan fingerprint density at radius 1 is 1.00 bits per heavy atom. The molecule has 29 heavy (non-hydrogen) atoms. The molecular weight excluding hydrogens is 483 g/mol. The number of hydrogen-bond donors (Lipinski definition) is 0. The third-order valence-corrected chi connectivity index (χ3v) is 20.7. The van der Waals surface area contributed by atoms with E-state index in [-0.39, 0.29) is 12.1 Å². The number of hydrogen-bond acceptors (Lipinski definition) is 3. The van der Waals surface area contributed by atoms with E-state index in [1.807, 2.05) is 0 Å². The van der Waals surface area contributed by atoms with Gasteiger partial charge in [0.1, 0.15) is 0 Å². The first-order chi connectivity index (χ1) is 14.0. The van der Waals surface area contributed by atoms with E-state index >= 15 is 0 Å². The molecule has 0 N–H and O–H groups in total. The Balaban J connectivity index is 2.99. The van der Waals surface area contributed by atoms with Crippen LogP contribution in [0.15, 0.2) is 39.3 Å². The number of esters is 1.